The van der Waals surface area contributed by atoms with Gasteiger partial charge in [0.15, 0.2) is 0 Å². The lowest BCUT2D eigenvalue weighted by Gasteiger charge is -2.40. The fraction of sp³-hybridized carbons (Fsp3) is 0.610. The number of carboxylic acid groups (broad SMARTS) is 2. The second-order valence-electron chi connectivity index (χ2n) is 16.8. The molecule has 0 aliphatic carbocycles. The number of likely N-dealkylation sites (N-methyl/N-ethyl adjacent to an activating group) is 2. The third-order valence-electron chi connectivity index (χ3n) is 10.4. The van der Waals surface area contributed by atoms with Crippen LogP contribution < -0.4 is 27.0 Å². The van der Waals surface area contributed by atoms with Crippen LogP contribution in [0.15, 0.2) is 42.0 Å². The highest BCUT2D eigenvalue weighted by molar-refractivity contribution is 8.00. The van der Waals surface area contributed by atoms with E-state index in [9.17, 15) is 43.5 Å². The molecule has 17 nitrogen and oxygen atoms in total. The smallest absolute Gasteiger partial charge is 0.326 e. The van der Waals surface area contributed by atoms with Gasteiger partial charge in [-0.2, -0.15) is 0 Å². The largest absolute Gasteiger partial charge is 0.480 e. The van der Waals surface area contributed by atoms with Crippen LogP contribution in [-0.4, -0.2) is 136 Å². The van der Waals surface area contributed by atoms with Crippen molar-refractivity contribution in [3.63, 3.8) is 0 Å². The van der Waals surface area contributed by atoms with Crippen LogP contribution in [0.5, 0.6) is 0 Å². The monoisotopic (exact) mass is 845 g/mol. The second kappa shape index (κ2) is 22.0. The molecule has 0 bridgehead atoms. The molecule has 0 aromatic heterocycles. The minimum Gasteiger partial charge on any atom is -0.480 e. The summed E-state index contributed by atoms with van der Waals surface area (Å²) in [6.45, 7) is 14.4. The molecule has 0 saturated carbocycles. The first-order valence-corrected chi connectivity index (χ1v) is 20.6. The molecule has 6 atom stereocenters. The molecule has 18 heteroatoms. The average Bonchev–Trinajstić information content (AvgIpc) is 3.43. The van der Waals surface area contributed by atoms with Gasteiger partial charge in [0.2, 0.25) is 35.4 Å². The Morgan fingerprint density at radius 3 is 2.12 bits per heavy atom. The third-order valence-corrected chi connectivity index (χ3v) is 11.7. The van der Waals surface area contributed by atoms with E-state index in [1.165, 1.54) is 11.8 Å². The summed E-state index contributed by atoms with van der Waals surface area (Å²) in [5.74, 6) is -5.85. The molecule has 6 amide bonds. The van der Waals surface area contributed by atoms with Crippen molar-refractivity contribution in [1.29, 1.82) is 0 Å². The van der Waals surface area contributed by atoms with Crippen LogP contribution in [0.1, 0.15) is 80.2 Å². The number of nitrogens with one attached hydrogen (secondary N) is 4. The van der Waals surface area contributed by atoms with Gasteiger partial charge in [0, 0.05) is 49.7 Å². The maximum atomic E-state index is 14.2. The first-order valence-electron chi connectivity index (χ1n) is 19.6. The number of aliphatic carboxylic acids is 2. The molecule has 2 unspecified atom stereocenters. The van der Waals surface area contributed by atoms with Crippen molar-refractivity contribution < 1.29 is 48.6 Å². The van der Waals surface area contributed by atoms with Crippen molar-refractivity contribution in [2.45, 2.75) is 116 Å². The number of thioether (sulfide) groups is 1. The van der Waals surface area contributed by atoms with E-state index in [4.69, 9.17) is 10.8 Å². The molecule has 1 fully saturated rings. The van der Waals surface area contributed by atoms with Crippen LogP contribution in [0.3, 0.4) is 0 Å². The molecular weight excluding hydrogens is 783 g/mol. The maximum absolute atomic E-state index is 14.2. The molecule has 1 saturated heterocycles. The second-order valence-corrected chi connectivity index (χ2v) is 18.0. The number of imide groups is 1. The number of nitrogens with zero attached hydrogens (tertiary/aromatic N) is 2. The number of hydrogen-bond donors (Lipinski definition) is 7. The van der Waals surface area contributed by atoms with E-state index in [0.717, 1.165) is 22.2 Å². The van der Waals surface area contributed by atoms with Gasteiger partial charge >= 0.3 is 11.9 Å². The predicted molar refractivity (Wildman–Crippen MR) is 224 cm³/mol. The Kier molecular flexibility index (Phi) is 18.8. The zero-order valence-corrected chi connectivity index (χ0v) is 36.6. The minimum atomic E-state index is -1.44. The number of carboxylic acids is 2. The average molecular weight is 846 g/mol. The standard InChI is InChI=1S/C41H63N7O10S/c1-23(2)28(47(10)37(54)33(40(4,5)6)46-35(52)32(43-9)41(7,8)25-14-12-11-13-15-25)20-24(3)34(51)45-27(39(57)58)16-17-30(49)44-18-19-48-31(50)21-29(36(48)53)59-22-26(42)38(55)56/h11-15,20,23,26-29,32-33,43H,16-19,21-22,42H2,1-10H3,(H,44,49)(H,45,51)(H,46,52)(H,55,56)(H,57,58)/b24-20+/t26-,27+,28+,29?,32+,33?/m0/s1. The van der Waals surface area contributed by atoms with Gasteiger partial charge in [0.25, 0.3) is 0 Å². The predicted octanol–water partition coefficient (Wildman–Crippen LogP) is 1.25. The molecular formula is C41H63N7O10S. The normalized spacial score (nSPS) is 17.5. The molecule has 0 radical (unpaired) electrons. The summed E-state index contributed by atoms with van der Waals surface area (Å²) in [5.41, 5.74) is 5.22. The molecule has 59 heavy (non-hydrogen) atoms. The Morgan fingerprint density at radius 1 is 0.983 bits per heavy atom. The zero-order chi connectivity index (χ0) is 45.0. The Morgan fingerprint density at radius 2 is 1.59 bits per heavy atom. The molecule has 0 spiro atoms. The van der Waals surface area contributed by atoms with Gasteiger partial charge in [-0.15, -0.1) is 11.8 Å². The molecule has 1 aromatic carbocycles. The quantitative estimate of drug-likeness (QED) is 0.0642. The van der Waals surface area contributed by atoms with Crippen molar-refractivity contribution in [2.24, 2.45) is 17.1 Å². The van der Waals surface area contributed by atoms with Crippen LogP contribution in [0, 0.1) is 11.3 Å². The summed E-state index contributed by atoms with van der Waals surface area (Å²) in [6, 6.07) is 4.71. The van der Waals surface area contributed by atoms with E-state index in [0.29, 0.717) is 0 Å². The Bertz CT molecular complexity index is 1730. The highest BCUT2D eigenvalue weighted by Crippen LogP contribution is 2.29. The summed E-state index contributed by atoms with van der Waals surface area (Å²) < 4.78 is 0. The van der Waals surface area contributed by atoms with E-state index < -0.39 is 81.9 Å². The summed E-state index contributed by atoms with van der Waals surface area (Å²) >= 11 is 0.976. The number of likely N-dealkylation sites (tertiary alicyclic amines) is 1. The van der Waals surface area contributed by atoms with Crippen molar-refractivity contribution in [3.05, 3.63) is 47.5 Å². The molecule has 1 aliphatic heterocycles. The summed E-state index contributed by atoms with van der Waals surface area (Å²) in [6.07, 6.45) is 0.891. The van der Waals surface area contributed by atoms with Gasteiger partial charge < -0.3 is 42.1 Å². The fourth-order valence-electron chi connectivity index (χ4n) is 6.67. The number of amides is 6. The topological polar surface area (TPSA) is 258 Å². The van der Waals surface area contributed by atoms with Crippen molar-refractivity contribution in [1.82, 2.24) is 31.1 Å². The molecule has 8 N–H and O–H groups in total. The highest BCUT2D eigenvalue weighted by Gasteiger charge is 2.42. The van der Waals surface area contributed by atoms with Crippen LogP contribution in [0.4, 0.5) is 0 Å². The Hall–Kier alpha value is -4.81. The molecule has 2 rings (SSSR count). The van der Waals surface area contributed by atoms with Crippen LogP contribution in [0.25, 0.3) is 0 Å². The molecule has 1 heterocycles. The summed E-state index contributed by atoms with van der Waals surface area (Å²) in [5, 5.41) is 29.1. The lowest BCUT2D eigenvalue weighted by atomic mass is 9.76. The van der Waals surface area contributed by atoms with Gasteiger partial charge in [-0.3, -0.25) is 38.5 Å². The molecule has 328 valence electrons. The lowest BCUT2D eigenvalue weighted by molar-refractivity contribution is -0.142. The van der Waals surface area contributed by atoms with Gasteiger partial charge in [0.1, 0.15) is 18.1 Å². The summed E-state index contributed by atoms with van der Waals surface area (Å²) in [4.78, 5) is 105. The minimum absolute atomic E-state index is 0.0548. The van der Waals surface area contributed by atoms with Gasteiger partial charge in [-0.25, -0.2) is 4.79 Å². The SMILES string of the molecule is CN[C@H](C(=O)NC(C(=O)N(C)[C@H](/C=C(\C)C(=O)N[C@H](CCC(=O)NCCN1C(=O)CC(SC[C@H](N)C(=O)O)C1=O)C(=O)O)C(C)C)C(C)(C)C)C(C)(C)c1ccccc1. The van der Waals surface area contributed by atoms with Crippen LogP contribution in [0.2, 0.25) is 0 Å². The van der Waals surface area contributed by atoms with E-state index in [-0.39, 0.29) is 61.4 Å². The van der Waals surface area contributed by atoms with Crippen molar-refractivity contribution >= 4 is 59.1 Å². The third kappa shape index (κ3) is 14.2. The van der Waals surface area contributed by atoms with Gasteiger partial charge in [-0.1, -0.05) is 84.9 Å². The van der Waals surface area contributed by atoms with Gasteiger partial charge in [0.05, 0.1) is 17.3 Å². The molecule has 1 aromatic rings. The number of nitrogens with two attached hydrogens (primary N) is 1. The fourth-order valence-corrected chi connectivity index (χ4v) is 7.78. The van der Waals surface area contributed by atoms with Crippen LogP contribution in [-0.2, 0) is 43.8 Å². The Balaban J connectivity index is 2.07. The van der Waals surface area contributed by atoms with Crippen molar-refractivity contribution in [2.75, 3.05) is 32.9 Å². The Labute approximate surface area is 351 Å². The zero-order valence-electron chi connectivity index (χ0n) is 35.8. The van der Waals surface area contributed by atoms with Gasteiger partial charge in [-0.05, 0) is 37.3 Å². The number of carbonyl (C=O) groups is 8. The first-order chi connectivity index (χ1) is 27.3. The van der Waals surface area contributed by atoms with Crippen molar-refractivity contribution in [3.8, 4) is 0 Å². The van der Waals surface area contributed by atoms with E-state index in [1.807, 2.05) is 78.8 Å². The molecule has 1 aliphatic rings. The number of carbonyl (C=O) groups excluding carboxylic acids is 6. The van der Waals surface area contributed by atoms with E-state index in [1.54, 1.807) is 20.2 Å². The van der Waals surface area contributed by atoms with E-state index in [2.05, 4.69) is 21.3 Å². The number of benzene rings is 1. The van der Waals surface area contributed by atoms with E-state index >= 15 is 0 Å². The maximum Gasteiger partial charge on any atom is 0.326 e. The number of hydrogen-bond acceptors (Lipinski definition) is 11. The first kappa shape index (κ1) is 50.3. The number of rotatable bonds is 22. The highest BCUT2D eigenvalue weighted by atomic mass is 32.2. The summed E-state index contributed by atoms with van der Waals surface area (Å²) in [7, 11) is 3.28. The lowest BCUT2D eigenvalue weighted by Crippen LogP contribution is -2.61. The van der Waals surface area contributed by atoms with Crippen LogP contribution >= 0.6 is 11.8 Å².